The van der Waals surface area contributed by atoms with Gasteiger partial charge in [0.05, 0.1) is 6.04 Å². The van der Waals surface area contributed by atoms with E-state index >= 15 is 0 Å². The molecule has 1 saturated heterocycles. The van der Waals surface area contributed by atoms with Gasteiger partial charge in [0.1, 0.15) is 0 Å². The molecule has 0 spiro atoms. The van der Waals surface area contributed by atoms with Gasteiger partial charge in [-0.2, -0.15) is 0 Å². The minimum absolute atomic E-state index is 0. The molecule has 0 radical (unpaired) electrons. The van der Waals surface area contributed by atoms with Crippen LogP contribution in [0.2, 0.25) is 0 Å². The number of rotatable bonds is 4. The van der Waals surface area contributed by atoms with Crippen LogP contribution in [-0.4, -0.2) is 47.9 Å². The zero-order valence-corrected chi connectivity index (χ0v) is 14.4. The number of nitrogens with two attached hydrogens (primary N) is 1. The summed E-state index contributed by atoms with van der Waals surface area (Å²) in [5, 5.41) is 0. The Bertz CT molecular complexity index is 452. The number of amides is 1. The molecule has 124 valence electrons. The smallest absolute Gasteiger partial charge is 0.239 e. The predicted molar refractivity (Wildman–Crippen MR) is 93.0 cm³/mol. The second-order valence-electron chi connectivity index (χ2n) is 6.21. The Balaban J connectivity index is 0.00000242. The molecule has 1 atom stereocenters. The number of halogens is 1. The first-order valence-corrected chi connectivity index (χ1v) is 7.88. The highest BCUT2D eigenvalue weighted by molar-refractivity contribution is 5.85. The van der Waals surface area contributed by atoms with Gasteiger partial charge < -0.3 is 10.6 Å². The van der Waals surface area contributed by atoms with E-state index in [1.54, 1.807) is 0 Å². The predicted octanol–water partition coefficient (Wildman–Crippen LogP) is 2.13. The van der Waals surface area contributed by atoms with Crippen molar-refractivity contribution in [2.24, 2.45) is 11.7 Å². The SMILES string of the molecule is CC(C)[C@H](N)C(=O)N1CCCN(Cc2ccccc2)CC1.Cl. The lowest BCUT2D eigenvalue weighted by molar-refractivity contribution is -0.133. The van der Waals surface area contributed by atoms with Crippen LogP contribution in [0.1, 0.15) is 25.8 Å². The minimum atomic E-state index is -0.370. The van der Waals surface area contributed by atoms with Crippen molar-refractivity contribution in [3.8, 4) is 0 Å². The zero-order valence-electron chi connectivity index (χ0n) is 13.6. The molecule has 1 aromatic carbocycles. The lowest BCUT2D eigenvalue weighted by Gasteiger charge is -2.26. The normalized spacial score (nSPS) is 17.7. The molecule has 1 aliphatic rings. The van der Waals surface area contributed by atoms with Crippen LogP contribution in [0.3, 0.4) is 0 Å². The van der Waals surface area contributed by atoms with Crippen LogP contribution in [0.25, 0.3) is 0 Å². The van der Waals surface area contributed by atoms with Crippen LogP contribution in [0.4, 0.5) is 0 Å². The fourth-order valence-corrected chi connectivity index (χ4v) is 2.69. The summed E-state index contributed by atoms with van der Waals surface area (Å²) in [5.41, 5.74) is 7.33. The van der Waals surface area contributed by atoms with Gasteiger partial charge in [-0.25, -0.2) is 0 Å². The van der Waals surface area contributed by atoms with Crippen molar-refractivity contribution in [3.63, 3.8) is 0 Å². The number of benzene rings is 1. The Hall–Kier alpha value is -1.10. The van der Waals surface area contributed by atoms with Crippen LogP contribution >= 0.6 is 12.4 Å². The van der Waals surface area contributed by atoms with E-state index in [0.717, 1.165) is 39.1 Å². The molecule has 22 heavy (non-hydrogen) atoms. The van der Waals surface area contributed by atoms with E-state index in [2.05, 4.69) is 29.2 Å². The number of carbonyl (C=O) groups is 1. The van der Waals surface area contributed by atoms with Crippen molar-refractivity contribution in [3.05, 3.63) is 35.9 Å². The summed E-state index contributed by atoms with van der Waals surface area (Å²) in [6, 6.07) is 10.1. The molecule has 1 amide bonds. The summed E-state index contributed by atoms with van der Waals surface area (Å²) in [4.78, 5) is 16.7. The second-order valence-corrected chi connectivity index (χ2v) is 6.21. The summed E-state index contributed by atoms with van der Waals surface area (Å²) in [5.74, 6) is 0.299. The summed E-state index contributed by atoms with van der Waals surface area (Å²) in [7, 11) is 0. The maximum Gasteiger partial charge on any atom is 0.239 e. The van der Waals surface area contributed by atoms with Gasteiger partial charge in [-0.15, -0.1) is 12.4 Å². The zero-order chi connectivity index (χ0) is 15.2. The van der Waals surface area contributed by atoms with Crippen LogP contribution in [0, 0.1) is 5.92 Å². The average Bonchev–Trinajstić information content (AvgIpc) is 2.72. The van der Waals surface area contributed by atoms with Crippen molar-refractivity contribution < 1.29 is 4.79 Å². The van der Waals surface area contributed by atoms with E-state index < -0.39 is 0 Å². The molecular formula is C17H28ClN3O. The van der Waals surface area contributed by atoms with E-state index in [4.69, 9.17) is 5.73 Å². The fraction of sp³-hybridized carbons (Fsp3) is 0.588. The largest absolute Gasteiger partial charge is 0.340 e. The van der Waals surface area contributed by atoms with Crippen molar-refractivity contribution in [2.45, 2.75) is 32.9 Å². The number of nitrogens with zero attached hydrogens (tertiary/aromatic N) is 2. The van der Waals surface area contributed by atoms with Gasteiger partial charge in [0.25, 0.3) is 0 Å². The Morgan fingerprint density at radius 2 is 1.82 bits per heavy atom. The first-order valence-electron chi connectivity index (χ1n) is 7.88. The molecule has 2 rings (SSSR count). The minimum Gasteiger partial charge on any atom is -0.340 e. The molecular weight excluding hydrogens is 298 g/mol. The van der Waals surface area contributed by atoms with Gasteiger partial charge in [0, 0.05) is 32.7 Å². The first kappa shape index (κ1) is 18.9. The molecule has 1 fully saturated rings. The highest BCUT2D eigenvalue weighted by Gasteiger charge is 2.25. The van der Waals surface area contributed by atoms with Crippen molar-refractivity contribution in [1.29, 1.82) is 0 Å². The van der Waals surface area contributed by atoms with E-state index in [1.165, 1.54) is 5.56 Å². The Morgan fingerprint density at radius 3 is 2.45 bits per heavy atom. The molecule has 4 nitrogen and oxygen atoms in total. The number of hydrogen-bond donors (Lipinski definition) is 1. The third kappa shape index (κ3) is 5.27. The van der Waals surface area contributed by atoms with E-state index in [0.29, 0.717) is 0 Å². The summed E-state index contributed by atoms with van der Waals surface area (Å²) in [6.07, 6.45) is 1.02. The average molecular weight is 326 g/mol. The molecule has 0 unspecified atom stereocenters. The molecule has 0 aliphatic carbocycles. The summed E-state index contributed by atoms with van der Waals surface area (Å²) < 4.78 is 0. The molecule has 2 N–H and O–H groups in total. The molecule has 5 heteroatoms. The van der Waals surface area contributed by atoms with Gasteiger partial charge in [0.15, 0.2) is 0 Å². The van der Waals surface area contributed by atoms with Crippen molar-refractivity contribution >= 4 is 18.3 Å². The second kappa shape index (κ2) is 9.13. The molecule has 0 aromatic heterocycles. The number of hydrogen-bond acceptors (Lipinski definition) is 3. The van der Waals surface area contributed by atoms with Gasteiger partial charge in [-0.3, -0.25) is 9.69 Å². The quantitative estimate of drug-likeness (QED) is 0.922. The Kier molecular flexibility index (Phi) is 7.87. The molecule has 1 aliphatic heterocycles. The highest BCUT2D eigenvalue weighted by atomic mass is 35.5. The monoisotopic (exact) mass is 325 g/mol. The van der Waals surface area contributed by atoms with Crippen LogP contribution in [-0.2, 0) is 11.3 Å². The lowest BCUT2D eigenvalue weighted by Crippen LogP contribution is -2.47. The maximum atomic E-state index is 12.3. The van der Waals surface area contributed by atoms with E-state index in [-0.39, 0.29) is 30.3 Å². The van der Waals surface area contributed by atoms with Gasteiger partial charge in [-0.05, 0) is 17.9 Å². The molecule has 0 saturated carbocycles. The lowest BCUT2D eigenvalue weighted by atomic mass is 10.0. The van der Waals surface area contributed by atoms with Crippen LogP contribution in [0.5, 0.6) is 0 Å². The van der Waals surface area contributed by atoms with Gasteiger partial charge in [-0.1, -0.05) is 44.2 Å². The topological polar surface area (TPSA) is 49.6 Å². The van der Waals surface area contributed by atoms with Crippen molar-refractivity contribution in [1.82, 2.24) is 9.80 Å². The first-order chi connectivity index (χ1) is 10.1. The fourth-order valence-electron chi connectivity index (χ4n) is 2.69. The van der Waals surface area contributed by atoms with Crippen molar-refractivity contribution in [2.75, 3.05) is 26.2 Å². The van der Waals surface area contributed by atoms with E-state index in [9.17, 15) is 4.79 Å². The van der Waals surface area contributed by atoms with Gasteiger partial charge in [0.2, 0.25) is 5.91 Å². The van der Waals surface area contributed by atoms with E-state index in [1.807, 2.05) is 24.8 Å². The molecule has 1 heterocycles. The van der Waals surface area contributed by atoms with Crippen LogP contribution in [0.15, 0.2) is 30.3 Å². The summed E-state index contributed by atoms with van der Waals surface area (Å²) in [6.45, 7) is 8.53. The molecule has 1 aromatic rings. The third-order valence-electron chi connectivity index (χ3n) is 4.15. The Morgan fingerprint density at radius 1 is 1.14 bits per heavy atom. The standard InChI is InChI=1S/C17H27N3O.ClH/c1-14(2)16(18)17(21)20-10-6-9-19(11-12-20)13-15-7-4-3-5-8-15;/h3-5,7-8,14,16H,6,9-13,18H2,1-2H3;1H/t16-;/m0./s1. The molecule has 0 bridgehead atoms. The Labute approximate surface area is 140 Å². The third-order valence-corrected chi connectivity index (χ3v) is 4.15. The maximum absolute atomic E-state index is 12.3. The summed E-state index contributed by atoms with van der Waals surface area (Å²) >= 11 is 0. The number of carbonyl (C=O) groups excluding carboxylic acids is 1. The van der Waals surface area contributed by atoms with Gasteiger partial charge >= 0.3 is 0 Å². The van der Waals surface area contributed by atoms with Crippen LogP contribution < -0.4 is 5.73 Å². The highest BCUT2D eigenvalue weighted by Crippen LogP contribution is 2.11.